The molecule has 0 unspecified atom stereocenters. The van der Waals surface area contributed by atoms with Crippen LogP contribution in [-0.4, -0.2) is 47.0 Å². The quantitative estimate of drug-likeness (QED) is 0.329. The second-order valence-electron chi connectivity index (χ2n) is 8.42. The molecule has 0 bridgehead atoms. The van der Waals surface area contributed by atoms with Crippen molar-refractivity contribution in [3.05, 3.63) is 76.1 Å². The maximum absolute atomic E-state index is 13.2. The predicted octanol–water partition coefficient (Wildman–Crippen LogP) is 5.46. The number of rotatable bonds is 6. The molecule has 3 heterocycles. The van der Waals surface area contributed by atoms with Gasteiger partial charge in [-0.05, 0) is 65.0 Å². The van der Waals surface area contributed by atoms with Crippen molar-refractivity contribution in [3.8, 4) is 11.3 Å². The lowest BCUT2D eigenvalue weighted by molar-refractivity contribution is 0.282. The van der Waals surface area contributed by atoms with E-state index >= 15 is 0 Å². The first-order valence-electron chi connectivity index (χ1n) is 11.1. The highest BCUT2D eigenvalue weighted by Gasteiger charge is 2.29. The molecule has 0 atom stereocenters. The van der Waals surface area contributed by atoms with Crippen LogP contribution in [0.4, 0.5) is 10.2 Å². The molecule has 1 N–H and O–H groups in total. The number of nitrogens with one attached hydrogen (secondary N) is 1. The van der Waals surface area contributed by atoms with Gasteiger partial charge in [0.1, 0.15) is 11.6 Å². The highest BCUT2D eigenvalue weighted by molar-refractivity contribution is 9.10. The summed E-state index contributed by atoms with van der Waals surface area (Å²) in [6.07, 6.45) is 3.12. The van der Waals surface area contributed by atoms with Crippen molar-refractivity contribution < 1.29 is 12.8 Å². The van der Waals surface area contributed by atoms with Crippen LogP contribution in [0.25, 0.3) is 16.9 Å². The maximum atomic E-state index is 13.2. The van der Waals surface area contributed by atoms with Crippen LogP contribution in [0.5, 0.6) is 0 Å². The zero-order valence-corrected chi connectivity index (χ0v) is 21.7. The van der Waals surface area contributed by atoms with Crippen molar-refractivity contribution in [1.29, 1.82) is 0 Å². The SMILES string of the molecule is O=S(=O)(c1ccc(F)cc1)N1CCC(CNc2cc(-c3ccccc3Cl)nc3c(Br)cnn23)CC1. The normalized spacial score (nSPS) is 15.5. The van der Waals surface area contributed by atoms with Gasteiger partial charge in [-0.15, -0.1) is 0 Å². The van der Waals surface area contributed by atoms with Gasteiger partial charge in [-0.2, -0.15) is 13.9 Å². The Morgan fingerprint density at radius 2 is 1.83 bits per heavy atom. The van der Waals surface area contributed by atoms with Crippen LogP contribution in [0.1, 0.15) is 12.8 Å². The highest BCUT2D eigenvalue weighted by Crippen LogP contribution is 2.31. The first kappa shape index (κ1) is 24.2. The van der Waals surface area contributed by atoms with Gasteiger partial charge in [0.25, 0.3) is 0 Å². The number of anilines is 1. The van der Waals surface area contributed by atoms with Gasteiger partial charge < -0.3 is 5.32 Å². The lowest BCUT2D eigenvalue weighted by Crippen LogP contribution is -2.39. The monoisotopic (exact) mass is 577 g/mol. The summed E-state index contributed by atoms with van der Waals surface area (Å²) in [5, 5.41) is 8.51. The number of fused-ring (bicyclic) bond motifs is 1. The van der Waals surface area contributed by atoms with E-state index < -0.39 is 15.8 Å². The van der Waals surface area contributed by atoms with Crippen molar-refractivity contribution >= 4 is 49.0 Å². The number of sulfonamides is 1. The fourth-order valence-corrected chi connectivity index (χ4v) is 6.28. The summed E-state index contributed by atoms with van der Waals surface area (Å²) >= 11 is 9.92. The molecule has 2 aromatic heterocycles. The minimum absolute atomic E-state index is 0.117. The Balaban J connectivity index is 1.30. The van der Waals surface area contributed by atoms with Gasteiger partial charge in [0.2, 0.25) is 10.0 Å². The minimum Gasteiger partial charge on any atom is -0.370 e. The second kappa shape index (κ2) is 9.85. The van der Waals surface area contributed by atoms with Gasteiger partial charge in [0, 0.05) is 36.3 Å². The fraction of sp³-hybridized carbons (Fsp3) is 0.250. The molecule has 5 rings (SSSR count). The molecule has 4 aromatic rings. The third-order valence-electron chi connectivity index (χ3n) is 6.18. The number of piperidine rings is 1. The molecule has 0 radical (unpaired) electrons. The van der Waals surface area contributed by atoms with E-state index in [0.717, 1.165) is 21.5 Å². The lowest BCUT2D eigenvalue weighted by atomic mass is 9.98. The standard InChI is InChI=1S/C24H22BrClFN5O2S/c25-20-15-29-32-23(13-22(30-24(20)32)19-3-1-2-4-21(19)26)28-14-16-9-11-31(12-10-16)35(33,34)18-7-5-17(27)6-8-18/h1-8,13,15-16,28H,9-12,14H2. The van der Waals surface area contributed by atoms with Crippen LogP contribution >= 0.6 is 27.5 Å². The number of nitrogens with zero attached hydrogens (tertiary/aromatic N) is 4. The smallest absolute Gasteiger partial charge is 0.243 e. The molecule has 0 saturated carbocycles. The van der Waals surface area contributed by atoms with E-state index in [4.69, 9.17) is 16.6 Å². The van der Waals surface area contributed by atoms with Gasteiger partial charge in [-0.3, -0.25) is 0 Å². The minimum atomic E-state index is -3.63. The largest absolute Gasteiger partial charge is 0.370 e. The van der Waals surface area contributed by atoms with Crippen molar-refractivity contribution in [2.75, 3.05) is 25.0 Å². The van der Waals surface area contributed by atoms with E-state index in [0.29, 0.717) is 43.1 Å². The molecule has 0 spiro atoms. The fourth-order valence-electron chi connectivity index (χ4n) is 4.23. The first-order valence-corrected chi connectivity index (χ1v) is 13.7. The van der Waals surface area contributed by atoms with E-state index in [1.807, 2.05) is 30.3 Å². The Labute approximate surface area is 216 Å². The van der Waals surface area contributed by atoms with Crippen LogP contribution in [0.3, 0.4) is 0 Å². The molecule has 1 saturated heterocycles. The Bertz CT molecular complexity index is 1470. The van der Waals surface area contributed by atoms with E-state index in [9.17, 15) is 12.8 Å². The van der Waals surface area contributed by atoms with Crippen molar-refractivity contribution in [2.24, 2.45) is 5.92 Å². The summed E-state index contributed by atoms with van der Waals surface area (Å²) in [5.74, 6) is 0.596. The van der Waals surface area contributed by atoms with Crippen molar-refractivity contribution in [3.63, 3.8) is 0 Å². The Morgan fingerprint density at radius 3 is 2.54 bits per heavy atom. The zero-order valence-electron chi connectivity index (χ0n) is 18.5. The van der Waals surface area contributed by atoms with E-state index in [-0.39, 0.29) is 10.8 Å². The molecule has 182 valence electrons. The lowest BCUT2D eigenvalue weighted by Gasteiger charge is -2.31. The van der Waals surface area contributed by atoms with Gasteiger partial charge in [0.05, 0.1) is 21.3 Å². The maximum Gasteiger partial charge on any atom is 0.243 e. The van der Waals surface area contributed by atoms with Crippen molar-refractivity contribution in [1.82, 2.24) is 18.9 Å². The van der Waals surface area contributed by atoms with Crippen LogP contribution in [0, 0.1) is 11.7 Å². The van der Waals surface area contributed by atoms with Crippen LogP contribution in [0.2, 0.25) is 5.02 Å². The molecular weight excluding hydrogens is 557 g/mol. The van der Waals surface area contributed by atoms with E-state index in [1.54, 1.807) is 10.7 Å². The third kappa shape index (κ3) is 4.93. The number of aromatic nitrogens is 3. The highest BCUT2D eigenvalue weighted by atomic mass is 79.9. The molecule has 11 heteroatoms. The van der Waals surface area contributed by atoms with E-state index in [1.165, 1.54) is 28.6 Å². The number of benzene rings is 2. The number of halogens is 3. The Kier molecular flexibility index (Phi) is 6.80. The summed E-state index contributed by atoms with van der Waals surface area (Å²) < 4.78 is 43.0. The topological polar surface area (TPSA) is 79.6 Å². The summed E-state index contributed by atoms with van der Waals surface area (Å²) in [6.45, 7) is 1.48. The van der Waals surface area contributed by atoms with Crippen LogP contribution in [0.15, 0.2) is 70.2 Å². The molecule has 7 nitrogen and oxygen atoms in total. The molecule has 1 fully saturated rings. The summed E-state index contributed by atoms with van der Waals surface area (Å²) in [4.78, 5) is 4.84. The molecule has 1 aliphatic heterocycles. The molecule has 35 heavy (non-hydrogen) atoms. The average Bonchev–Trinajstić information content (AvgIpc) is 3.24. The van der Waals surface area contributed by atoms with Crippen LogP contribution < -0.4 is 5.32 Å². The predicted molar refractivity (Wildman–Crippen MR) is 138 cm³/mol. The molecular formula is C24H22BrClFN5O2S. The Hall–Kier alpha value is -2.53. The first-order chi connectivity index (χ1) is 16.8. The molecule has 1 aliphatic rings. The zero-order chi connectivity index (χ0) is 24.6. The van der Waals surface area contributed by atoms with E-state index in [2.05, 4.69) is 26.3 Å². The van der Waals surface area contributed by atoms with Crippen molar-refractivity contribution in [2.45, 2.75) is 17.7 Å². The summed E-state index contributed by atoms with van der Waals surface area (Å²) in [6, 6.07) is 14.4. The molecule has 2 aromatic carbocycles. The van der Waals surface area contributed by atoms with Crippen LogP contribution in [-0.2, 0) is 10.0 Å². The number of hydrogen-bond acceptors (Lipinski definition) is 5. The Morgan fingerprint density at radius 1 is 1.11 bits per heavy atom. The van der Waals surface area contributed by atoms with Gasteiger partial charge >= 0.3 is 0 Å². The third-order valence-corrected chi connectivity index (χ3v) is 8.98. The molecule has 0 amide bonds. The molecule has 0 aliphatic carbocycles. The number of hydrogen-bond donors (Lipinski definition) is 1. The van der Waals surface area contributed by atoms with Gasteiger partial charge in [0.15, 0.2) is 5.65 Å². The average molecular weight is 579 g/mol. The van der Waals surface area contributed by atoms with Gasteiger partial charge in [-0.1, -0.05) is 29.8 Å². The summed E-state index contributed by atoms with van der Waals surface area (Å²) in [7, 11) is -3.63. The van der Waals surface area contributed by atoms with Gasteiger partial charge in [-0.25, -0.2) is 17.8 Å². The summed E-state index contributed by atoms with van der Waals surface area (Å²) in [5.41, 5.74) is 2.23. The second-order valence-corrected chi connectivity index (χ2v) is 11.6.